The second-order valence-electron chi connectivity index (χ2n) is 5.40. The molecule has 0 radical (unpaired) electrons. The number of hydrogen-bond acceptors (Lipinski definition) is 2. The number of halogens is 1. The van der Waals surface area contributed by atoms with Gasteiger partial charge in [0.25, 0.3) is 0 Å². The van der Waals surface area contributed by atoms with E-state index in [4.69, 9.17) is 16.6 Å². The van der Waals surface area contributed by atoms with Crippen molar-refractivity contribution in [1.29, 1.82) is 0 Å². The summed E-state index contributed by atoms with van der Waals surface area (Å²) in [4.78, 5) is 4.72. The summed E-state index contributed by atoms with van der Waals surface area (Å²) in [6, 6.07) is 8.38. The third-order valence-corrected chi connectivity index (χ3v) is 5.10. The van der Waals surface area contributed by atoms with Crippen molar-refractivity contribution in [3.8, 4) is 0 Å². The van der Waals surface area contributed by atoms with Gasteiger partial charge in [-0.05, 0) is 36.8 Å². The Bertz CT molecular complexity index is 503. The first-order valence-corrected chi connectivity index (χ1v) is 7.38. The van der Waals surface area contributed by atoms with Crippen LogP contribution in [-0.2, 0) is 6.42 Å². The van der Waals surface area contributed by atoms with Gasteiger partial charge in [0, 0.05) is 11.8 Å². The predicted octanol–water partition coefficient (Wildman–Crippen LogP) is 4.64. The fourth-order valence-corrected chi connectivity index (χ4v) is 4.43. The fraction of sp³-hybridized carbons (Fsp3) is 0.500. The van der Waals surface area contributed by atoms with E-state index in [0.717, 1.165) is 24.8 Å². The Hall–Kier alpha value is -0.600. The van der Waals surface area contributed by atoms with Gasteiger partial charge in [0.2, 0.25) is 0 Å². The standard InChI is InChI=1S/C14H16ClNS/c1-14(7-6-10(15)8-14)9-13-16-11-4-2-3-5-12(11)17-13/h2-5,10H,6-9H2,1H3. The van der Waals surface area contributed by atoms with Crippen LogP contribution in [0.4, 0.5) is 0 Å². The lowest BCUT2D eigenvalue weighted by Gasteiger charge is -2.21. The van der Waals surface area contributed by atoms with Gasteiger partial charge in [-0.15, -0.1) is 22.9 Å². The Morgan fingerprint density at radius 1 is 1.47 bits per heavy atom. The molecule has 1 fully saturated rings. The highest BCUT2D eigenvalue weighted by Crippen LogP contribution is 2.43. The zero-order valence-corrected chi connectivity index (χ0v) is 11.5. The second-order valence-corrected chi connectivity index (χ2v) is 7.14. The van der Waals surface area contributed by atoms with Crippen LogP contribution in [-0.4, -0.2) is 10.4 Å². The fourth-order valence-electron chi connectivity index (χ4n) is 2.77. The van der Waals surface area contributed by atoms with Crippen molar-refractivity contribution < 1.29 is 0 Å². The monoisotopic (exact) mass is 265 g/mol. The minimum atomic E-state index is 0.361. The Labute approximate surface area is 111 Å². The Morgan fingerprint density at radius 2 is 2.29 bits per heavy atom. The maximum absolute atomic E-state index is 6.22. The minimum absolute atomic E-state index is 0.361. The van der Waals surface area contributed by atoms with Gasteiger partial charge >= 0.3 is 0 Å². The van der Waals surface area contributed by atoms with Gasteiger partial charge in [-0.25, -0.2) is 4.98 Å². The molecule has 90 valence electrons. The number of nitrogens with zero attached hydrogens (tertiary/aromatic N) is 1. The molecule has 1 aliphatic rings. The highest BCUT2D eigenvalue weighted by molar-refractivity contribution is 7.18. The SMILES string of the molecule is CC1(Cc2nc3ccccc3s2)CCC(Cl)C1. The number of aromatic nitrogens is 1. The number of alkyl halides is 1. The summed E-state index contributed by atoms with van der Waals surface area (Å²) in [6.45, 7) is 2.35. The van der Waals surface area contributed by atoms with E-state index in [-0.39, 0.29) is 0 Å². The minimum Gasteiger partial charge on any atom is -0.241 e. The molecular weight excluding hydrogens is 250 g/mol. The number of benzene rings is 1. The third kappa shape index (κ3) is 2.34. The summed E-state index contributed by atoms with van der Waals surface area (Å²) < 4.78 is 1.30. The maximum Gasteiger partial charge on any atom is 0.0944 e. The average Bonchev–Trinajstić information content (AvgIpc) is 2.81. The van der Waals surface area contributed by atoms with E-state index in [1.807, 2.05) is 11.3 Å². The van der Waals surface area contributed by atoms with Crippen LogP contribution in [0.5, 0.6) is 0 Å². The number of hydrogen-bond donors (Lipinski definition) is 0. The molecule has 1 aromatic carbocycles. The Kier molecular flexibility index (Phi) is 2.87. The largest absolute Gasteiger partial charge is 0.241 e. The molecule has 0 amide bonds. The molecule has 0 aliphatic heterocycles. The molecule has 2 aromatic rings. The number of thiazole rings is 1. The molecular formula is C14H16ClNS. The first-order valence-electron chi connectivity index (χ1n) is 6.13. The van der Waals surface area contributed by atoms with Crippen molar-refractivity contribution in [1.82, 2.24) is 4.98 Å². The van der Waals surface area contributed by atoms with Gasteiger partial charge in [-0.3, -0.25) is 0 Å². The summed E-state index contributed by atoms with van der Waals surface area (Å²) in [5, 5.41) is 1.63. The van der Waals surface area contributed by atoms with Crippen LogP contribution in [0.25, 0.3) is 10.2 Å². The molecule has 3 rings (SSSR count). The summed E-state index contributed by atoms with van der Waals surface area (Å²) in [6.07, 6.45) is 4.60. The molecule has 1 heterocycles. The molecule has 0 N–H and O–H groups in total. The van der Waals surface area contributed by atoms with E-state index in [1.54, 1.807) is 0 Å². The third-order valence-electron chi connectivity index (χ3n) is 3.69. The quantitative estimate of drug-likeness (QED) is 0.721. The molecule has 1 aromatic heterocycles. The van der Waals surface area contributed by atoms with Crippen LogP contribution in [0.3, 0.4) is 0 Å². The van der Waals surface area contributed by atoms with E-state index in [9.17, 15) is 0 Å². The summed E-state index contributed by atoms with van der Waals surface area (Å²) in [5.74, 6) is 0. The molecule has 3 heteroatoms. The van der Waals surface area contributed by atoms with Crippen molar-refractivity contribution in [3.63, 3.8) is 0 Å². The molecule has 0 bridgehead atoms. The smallest absolute Gasteiger partial charge is 0.0944 e. The molecule has 2 unspecified atom stereocenters. The van der Waals surface area contributed by atoms with Crippen LogP contribution in [0.15, 0.2) is 24.3 Å². The highest BCUT2D eigenvalue weighted by atomic mass is 35.5. The lowest BCUT2D eigenvalue weighted by Crippen LogP contribution is -2.15. The van der Waals surface area contributed by atoms with Crippen LogP contribution >= 0.6 is 22.9 Å². The predicted molar refractivity (Wildman–Crippen MR) is 74.9 cm³/mol. The maximum atomic E-state index is 6.22. The van der Waals surface area contributed by atoms with Crippen LogP contribution in [0, 0.1) is 5.41 Å². The Balaban J connectivity index is 1.85. The van der Waals surface area contributed by atoms with Gasteiger partial charge in [-0.1, -0.05) is 19.1 Å². The molecule has 1 saturated carbocycles. The molecule has 2 atom stereocenters. The Morgan fingerprint density at radius 3 is 3.00 bits per heavy atom. The lowest BCUT2D eigenvalue weighted by atomic mass is 9.85. The molecule has 0 spiro atoms. The van der Waals surface area contributed by atoms with Gasteiger partial charge in [0.15, 0.2) is 0 Å². The van der Waals surface area contributed by atoms with Crippen molar-refractivity contribution in [2.45, 2.75) is 38.0 Å². The van der Waals surface area contributed by atoms with Crippen molar-refractivity contribution in [2.24, 2.45) is 5.41 Å². The summed E-state index contributed by atoms with van der Waals surface area (Å²) in [7, 11) is 0. The van der Waals surface area contributed by atoms with Crippen LogP contribution in [0.1, 0.15) is 31.2 Å². The van der Waals surface area contributed by atoms with Crippen molar-refractivity contribution in [3.05, 3.63) is 29.3 Å². The van der Waals surface area contributed by atoms with Crippen molar-refractivity contribution >= 4 is 33.2 Å². The molecule has 0 saturated heterocycles. The van der Waals surface area contributed by atoms with E-state index >= 15 is 0 Å². The van der Waals surface area contributed by atoms with Gasteiger partial charge in [-0.2, -0.15) is 0 Å². The molecule has 1 aliphatic carbocycles. The molecule has 17 heavy (non-hydrogen) atoms. The average molecular weight is 266 g/mol. The lowest BCUT2D eigenvalue weighted by molar-refractivity contribution is 0.335. The van der Waals surface area contributed by atoms with E-state index in [2.05, 4.69) is 31.2 Å². The van der Waals surface area contributed by atoms with Crippen LogP contribution in [0.2, 0.25) is 0 Å². The zero-order valence-electron chi connectivity index (χ0n) is 9.95. The normalized spacial score (nSPS) is 28.9. The number of para-hydroxylation sites is 1. The van der Waals surface area contributed by atoms with E-state index < -0.39 is 0 Å². The second kappa shape index (κ2) is 4.25. The zero-order chi connectivity index (χ0) is 11.9. The van der Waals surface area contributed by atoms with Gasteiger partial charge in [0.05, 0.1) is 15.2 Å². The summed E-state index contributed by atoms with van der Waals surface area (Å²) >= 11 is 8.05. The number of rotatable bonds is 2. The van der Waals surface area contributed by atoms with Crippen molar-refractivity contribution in [2.75, 3.05) is 0 Å². The number of fused-ring (bicyclic) bond motifs is 1. The van der Waals surface area contributed by atoms with Crippen LogP contribution < -0.4 is 0 Å². The summed E-state index contributed by atoms with van der Waals surface area (Å²) in [5.41, 5.74) is 1.50. The van der Waals surface area contributed by atoms with E-state index in [0.29, 0.717) is 10.8 Å². The van der Waals surface area contributed by atoms with Gasteiger partial charge < -0.3 is 0 Å². The van der Waals surface area contributed by atoms with E-state index in [1.165, 1.54) is 16.1 Å². The first kappa shape index (κ1) is 11.5. The first-order chi connectivity index (χ1) is 8.15. The topological polar surface area (TPSA) is 12.9 Å². The van der Waals surface area contributed by atoms with Gasteiger partial charge in [0.1, 0.15) is 0 Å². The molecule has 1 nitrogen and oxygen atoms in total. The highest BCUT2D eigenvalue weighted by Gasteiger charge is 2.34.